The van der Waals surface area contributed by atoms with Gasteiger partial charge in [-0.1, -0.05) is 6.58 Å². The topological polar surface area (TPSA) is 54.9 Å². The molecule has 0 unspecified atom stereocenters. The molecule has 0 fully saturated rings. The first-order chi connectivity index (χ1) is 6.13. The number of nitrogens with one attached hydrogen (secondary N) is 1. The number of carbonyl (C=O) groups excluding carboxylic acids is 1. The van der Waals surface area contributed by atoms with Gasteiger partial charge >= 0.3 is 0 Å². The molecule has 0 atom stereocenters. The summed E-state index contributed by atoms with van der Waals surface area (Å²) in [6.07, 6.45) is 2.87. The summed E-state index contributed by atoms with van der Waals surface area (Å²) in [5.74, 6) is 0.906. The van der Waals surface area contributed by atoms with Crippen LogP contribution in [0.15, 0.2) is 18.9 Å². The average Bonchev–Trinajstić information content (AvgIpc) is 2.11. The molecular formula is C9H11N3O. The van der Waals surface area contributed by atoms with Crippen molar-refractivity contribution < 1.29 is 4.79 Å². The van der Waals surface area contributed by atoms with E-state index in [1.165, 1.54) is 6.08 Å². The molecule has 0 aliphatic rings. The van der Waals surface area contributed by atoms with Crippen LogP contribution in [0.5, 0.6) is 0 Å². The molecule has 0 aliphatic heterocycles. The third-order valence-electron chi connectivity index (χ3n) is 1.52. The van der Waals surface area contributed by atoms with Gasteiger partial charge in [0, 0.05) is 11.8 Å². The van der Waals surface area contributed by atoms with E-state index in [1.807, 2.05) is 6.92 Å². The zero-order valence-electron chi connectivity index (χ0n) is 7.66. The first-order valence-electron chi connectivity index (χ1n) is 3.87. The Hall–Kier alpha value is -1.71. The molecule has 13 heavy (non-hydrogen) atoms. The number of hydrogen-bond acceptors (Lipinski definition) is 3. The number of aryl methyl sites for hydroxylation is 2. The Kier molecular flexibility index (Phi) is 2.74. The van der Waals surface area contributed by atoms with Crippen LogP contribution in [-0.2, 0) is 4.79 Å². The van der Waals surface area contributed by atoms with Crippen LogP contribution in [0.1, 0.15) is 11.4 Å². The minimum absolute atomic E-state index is 0.263. The molecule has 0 saturated heterocycles. The fourth-order valence-corrected chi connectivity index (χ4v) is 0.824. The van der Waals surface area contributed by atoms with Crippen molar-refractivity contribution in [2.75, 3.05) is 5.32 Å². The Balaban J connectivity index is 2.93. The Morgan fingerprint density at radius 1 is 1.62 bits per heavy atom. The van der Waals surface area contributed by atoms with Crippen LogP contribution in [0, 0.1) is 13.8 Å². The second-order valence-corrected chi connectivity index (χ2v) is 2.64. The lowest BCUT2D eigenvalue weighted by atomic mass is 10.3. The average molecular weight is 177 g/mol. The van der Waals surface area contributed by atoms with Gasteiger partial charge in [0.15, 0.2) is 0 Å². The van der Waals surface area contributed by atoms with Gasteiger partial charge < -0.3 is 5.32 Å². The zero-order valence-corrected chi connectivity index (χ0v) is 7.66. The second kappa shape index (κ2) is 3.80. The molecule has 1 aromatic heterocycles. The molecule has 4 heteroatoms. The maximum Gasteiger partial charge on any atom is 0.248 e. The van der Waals surface area contributed by atoms with Gasteiger partial charge in [-0.25, -0.2) is 9.97 Å². The van der Waals surface area contributed by atoms with E-state index >= 15 is 0 Å². The zero-order chi connectivity index (χ0) is 9.84. The minimum Gasteiger partial charge on any atom is -0.307 e. The van der Waals surface area contributed by atoms with Gasteiger partial charge in [0.1, 0.15) is 11.6 Å². The molecule has 68 valence electrons. The maximum atomic E-state index is 11.0. The molecule has 1 N–H and O–H groups in total. The molecular weight excluding hydrogens is 166 g/mol. The van der Waals surface area contributed by atoms with Crippen LogP contribution in [0.25, 0.3) is 0 Å². The quantitative estimate of drug-likeness (QED) is 0.691. The van der Waals surface area contributed by atoms with Crippen LogP contribution >= 0.6 is 0 Å². The first kappa shape index (κ1) is 9.38. The summed E-state index contributed by atoms with van der Waals surface area (Å²) in [7, 11) is 0. The summed E-state index contributed by atoms with van der Waals surface area (Å²) in [6, 6.07) is 0. The third-order valence-corrected chi connectivity index (χ3v) is 1.52. The lowest BCUT2D eigenvalue weighted by Gasteiger charge is -2.04. The predicted octanol–water partition coefficient (Wildman–Crippen LogP) is 1.22. The smallest absolute Gasteiger partial charge is 0.248 e. The number of anilines is 1. The lowest BCUT2D eigenvalue weighted by Crippen LogP contribution is -2.11. The van der Waals surface area contributed by atoms with Gasteiger partial charge in [-0.3, -0.25) is 4.79 Å². The summed E-state index contributed by atoms with van der Waals surface area (Å²) in [6.45, 7) is 6.95. The van der Waals surface area contributed by atoms with Gasteiger partial charge in [0.2, 0.25) is 5.91 Å². The van der Waals surface area contributed by atoms with Crippen molar-refractivity contribution in [3.63, 3.8) is 0 Å². The predicted molar refractivity (Wildman–Crippen MR) is 50.3 cm³/mol. The number of amides is 1. The monoisotopic (exact) mass is 177 g/mol. The highest BCUT2D eigenvalue weighted by Gasteiger charge is 2.02. The molecule has 0 saturated carbocycles. The Labute approximate surface area is 76.7 Å². The van der Waals surface area contributed by atoms with Gasteiger partial charge in [0.05, 0.1) is 0 Å². The molecule has 0 spiro atoms. The fourth-order valence-electron chi connectivity index (χ4n) is 0.824. The van der Waals surface area contributed by atoms with Crippen molar-refractivity contribution in [1.29, 1.82) is 0 Å². The Morgan fingerprint density at radius 3 is 2.92 bits per heavy atom. The standard InChI is InChI=1S/C9H11N3O/c1-4-8(13)12-9-6(2)5-10-7(3)11-9/h4-5H,1H2,2-3H3,(H,10,11,12,13). The van der Waals surface area contributed by atoms with Crippen molar-refractivity contribution in [1.82, 2.24) is 9.97 Å². The van der Waals surface area contributed by atoms with Crippen LogP contribution in [-0.4, -0.2) is 15.9 Å². The fraction of sp³-hybridized carbons (Fsp3) is 0.222. The van der Waals surface area contributed by atoms with Crippen LogP contribution in [0.3, 0.4) is 0 Å². The van der Waals surface area contributed by atoms with Crippen molar-refractivity contribution in [2.45, 2.75) is 13.8 Å². The first-order valence-corrected chi connectivity index (χ1v) is 3.87. The molecule has 1 amide bonds. The molecule has 1 heterocycles. The highest BCUT2D eigenvalue weighted by Crippen LogP contribution is 2.09. The Morgan fingerprint density at radius 2 is 2.31 bits per heavy atom. The summed E-state index contributed by atoms with van der Waals surface area (Å²) in [4.78, 5) is 19.0. The number of nitrogens with zero attached hydrogens (tertiary/aromatic N) is 2. The second-order valence-electron chi connectivity index (χ2n) is 2.64. The van der Waals surface area contributed by atoms with Crippen LogP contribution in [0.2, 0.25) is 0 Å². The maximum absolute atomic E-state index is 11.0. The largest absolute Gasteiger partial charge is 0.307 e. The van der Waals surface area contributed by atoms with E-state index in [0.29, 0.717) is 11.6 Å². The number of rotatable bonds is 2. The molecule has 0 radical (unpaired) electrons. The highest BCUT2D eigenvalue weighted by atomic mass is 16.1. The van der Waals surface area contributed by atoms with Crippen LogP contribution in [0.4, 0.5) is 5.82 Å². The van der Waals surface area contributed by atoms with Crippen molar-refractivity contribution in [3.8, 4) is 0 Å². The van der Waals surface area contributed by atoms with Crippen molar-refractivity contribution >= 4 is 11.7 Å². The Bertz CT molecular complexity index is 347. The van der Waals surface area contributed by atoms with E-state index in [1.54, 1.807) is 13.1 Å². The summed E-state index contributed by atoms with van der Waals surface area (Å²) in [5.41, 5.74) is 0.834. The molecule has 4 nitrogen and oxygen atoms in total. The summed E-state index contributed by atoms with van der Waals surface area (Å²) < 4.78 is 0. The van der Waals surface area contributed by atoms with Gasteiger partial charge in [-0.15, -0.1) is 0 Å². The van der Waals surface area contributed by atoms with Crippen molar-refractivity contribution in [3.05, 3.63) is 30.2 Å². The van der Waals surface area contributed by atoms with Crippen molar-refractivity contribution in [2.24, 2.45) is 0 Å². The van der Waals surface area contributed by atoms with E-state index in [9.17, 15) is 4.79 Å². The molecule has 1 aromatic rings. The molecule has 0 aliphatic carbocycles. The number of carbonyl (C=O) groups is 1. The van der Waals surface area contributed by atoms with E-state index in [4.69, 9.17) is 0 Å². The van der Waals surface area contributed by atoms with Gasteiger partial charge in [0.25, 0.3) is 0 Å². The summed E-state index contributed by atoms with van der Waals surface area (Å²) in [5, 5.41) is 2.59. The van der Waals surface area contributed by atoms with E-state index in [-0.39, 0.29) is 5.91 Å². The number of hydrogen-bond donors (Lipinski definition) is 1. The SMILES string of the molecule is C=CC(=O)Nc1nc(C)ncc1C. The van der Waals surface area contributed by atoms with E-state index in [2.05, 4.69) is 21.9 Å². The normalized spacial score (nSPS) is 9.38. The third kappa shape index (κ3) is 2.37. The molecule has 1 rings (SSSR count). The highest BCUT2D eigenvalue weighted by molar-refractivity contribution is 5.98. The van der Waals surface area contributed by atoms with E-state index < -0.39 is 0 Å². The van der Waals surface area contributed by atoms with Gasteiger partial charge in [-0.2, -0.15) is 0 Å². The van der Waals surface area contributed by atoms with E-state index in [0.717, 1.165) is 5.56 Å². The van der Waals surface area contributed by atoms with Gasteiger partial charge in [-0.05, 0) is 19.9 Å². The van der Waals surface area contributed by atoms with Crippen LogP contribution < -0.4 is 5.32 Å². The lowest BCUT2D eigenvalue weighted by molar-refractivity contribution is -0.111. The minimum atomic E-state index is -0.263. The molecule has 0 aromatic carbocycles. The summed E-state index contributed by atoms with van der Waals surface area (Å²) >= 11 is 0. The molecule has 0 bridgehead atoms. The number of aromatic nitrogens is 2.